The monoisotopic (exact) mass is 241 g/mol. The number of hydrogen-bond donors (Lipinski definition) is 1. The van der Waals surface area contributed by atoms with E-state index in [0.717, 1.165) is 6.07 Å². The Morgan fingerprint density at radius 1 is 1.41 bits per heavy atom. The zero-order chi connectivity index (χ0) is 12.4. The van der Waals surface area contributed by atoms with Gasteiger partial charge in [-0.2, -0.15) is 0 Å². The number of aryl methyl sites for hydroxylation is 1. The molecule has 1 aromatic carbocycles. The van der Waals surface area contributed by atoms with Crippen LogP contribution < -0.4 is 5.73 Å². The number of methoxy groups -OCH3 is 1. The lowest BCUT2D eigenvalue weighted by Gasteiger charge is -2.06. The van der Waals surface area contributed by atoms with Crippen molar-refractivity contribution in [3.63, 3.8) is 0 Å². The molecule has 0 unspecified atom stereocenters. The highest BCUT2D eigenvalue weighted by Crippen LogP contribution is 2.23. The average Bonchev–Trinajstić information content (AvgIpc) is 2.62. The van der Waals surface area contributed by atoms with E-state index < -0.39 is 11.6 Å². The van der Waals surface area contributed by atoms with Crippen LogP contribution in [0.15, 0.2) is 12.1 Å². The van der Waals surface area contributed by atoms with Crippen LogP contribution in [0.25, 0.3) is 11.0 Å². The van der Waals surface area contributed by atoms with E-state index in [9.17, 15) is 8.78 Å². The molecule has 6 heteroatoms. The van der Waals surface area contributed by atoms with Crippen molar-refractivity contribution in [3.8, 4) is 0 Å². The molecule has 0 saturated heterocycles. The summed E-state index contributed by atoms with van der Waals surface area (Å²) in [5.41, 5.74) is 6.15. The SMILES string of the molecule is COCCCn1c(N)nc2ccc(F)c(F)c21. The van der Waals surface area contributed by atoms with Gasteiger partial charge < -0.3 is 15.0 Å². The number of nitrogens with two attached hydrogens (primary N) is 1. The summed E-state index contributed by atoms with van der Waals surface area (Å²) in [7, 11) is 1.58. The number of hydrogen-bond acceptors (Lipinski definition) is 3. The Balaban J connectivity index is 2.46. The van der Waals surface area contributed by atoms with Crippen molar-refractivity contribution in [1.82, 2.24) is 9.55 Å². The van der Waals surface area contributed by atoms with Crippen LogP contribution in [0.3, 0.4) is 0 Å². The van der Waals surface area contributed by atoms with Gasteiger partial charge in [0.2, 0.25) is 5.95 Å². The molecular formula is C11H13F2N3O. The molecule has 0 fully saturated rings. The van der Waals surface area contributed by atoms with E-state index in [-0.39, 0.29) is 11.5 Å². The van der Waals surface area contributed by atoms with Gasteiger partial charge in [0.05, 0.1) is 5.52 Å². The Hall–Kier alpha value is -1.69. The van der Waals surface area contributed by atoms with E-state index in [4.69, 9.17) is 10.5 Å². The first-order chi connectivity index (χ1) is 8.15. The van der Waals surface area contributed by atoms with Gasteiger partial charge in [-0.05, 0) is 18.6 Å². The molecule has 0 saturated carbocycles. The van der Waals surface area contributed by atoms with Crippen LogP contribution in [0.5, 0.6) is 0 Å². The van der Waals surface area contributed by atoms with Crippen LogP contribution in [-0.4, -0.2) is 23.3 Å². The van der Waals surface area contributed by atoms with Gasteiger partial charge in [-0.15, -0.1) is 0 Å². The van der Waals surface area contributed by atoms with E-state index in [2.05, 4.69) is 4.98 Å². The first kappa shape index (κ1) is 11.8. The van der Waals surface area contributed by atoms with Gasteiger partial charge in [0.1, 0.15) is 5.52 Å². The Labute approximate surface area is 97.0 Å². The number of halogens is 2. The van der Waals surface area contributed by atoms with E-state index in [1.54, 1.807) is 7.11 Å². The summed E-state index contributed by atoms with van der Waals surface area (Å²) in [5.74, 6) is -1.63. The van der Waals surface area contributed by atoms with E-state index in [1.165, 1.54) is 10.6 Å². The molecule has 92 valence electrons. The van der Waals surface area contributed by atoms with Crippen molar-refractivity contribution in [3.05, 3.63) is 23.8 Å². The standard InChI is InChI=1S/C11H13F2N3O/c1-17-6-2-5-16-10-8(15-11(16)14)4-3-7(12)9(10)13/h3-4H,2,5-6H2,1H3,(H2,14,15). The van der Waals surface area contributed by atoms with E-state index in [1.807, 2.05) is 0 Å². The molecule has 4 nitrogen and oxygen atoms in total. The molecule has 0 aliphatic carbocycles. The fourth-order valence-corrected chi connectivity index (χ4v) is 1.77. The van der Waals surface area contributed by atoms with Gasteiger partial charge in [-0.3, -0.25) is 0 Å². The van der Waals surface area contributed by atoms with Crippen LogP contribution in [0.2, 0.25) is 0 Å². The summed E-state index contributed by atoms with van der Waals surface area (Å²) < 4.78 is 33.2. The number of nitrogens with zero attached hydrogens (tertiary/aromatic N) is 2. The van der Waals surface area contributed by atoms with E-state index in [0.29, 0.717) is 25.1 Å². The van der Waals surface area contributed by atoms with Gasteiger partial charge in [-0.25, -0.2) is 13.8 Å². The molecule has 0 bridgehead atoms. The molecule has 0 amide bonds. The zero-order valence-corrected chi connectivity index (χ0v) is 9.41. The van der Waals surface area contributed by atoms with Gasteiger partial charge in [0.15, 0.2) is 11.6 Å². The molecule has 0 aliphatic heterocycles. The molecule has 0 radical (unpaired) electrons. The fraction of sp³-hybridized carbons (Fsp3) is 0.364. The number of nitrogen functional groups attached to an aromatic ring is 1. The summed E-state index contributed by atoms with van der Waals surface area (Å²) in [6, 6.07) is 2.46. The van der Waals surface area contributed by atoms with Crippen LogP contribution in [-0.2, 0) is 11.3 Å². The largest absolute Gasteiger partial charge is 0.385 e. The number of aromatic nitrogens is 2. The summed E-state index contributed by atoms with van der Waals surface area (Å²) in [6.07, 6.45) is 0.655. The highest BCUT2D eigenvalue weighted by Gasteiger charge is 2.15. The maximum absolute atomic E-state index is 13.7. The second-order valence-corrected chi connectivity index (χ2v) is 3.70. The molecule has 0 spiro atoms. The second kappa shape index (κ2) is 4.67. The molecule has 0 aliphatic rings. The highest BCUT2D eigenvalue weighted by atomic mass is 19.2. The van der Waals surface area contributed by atoms with Crippen molar-refractivity contribution in [2.75, 3.05) is 19.5 Å². The lowest BCUT2D eigenvalue weighted by molar-refractivity contribution is 0.191. The van der Waals surface area contributed by atoms with Crippen molar-refractivity contribution in [2.45, 2.75) is 13.0 Å². The number of benzene rings is 1. The summed E-state index contributed by atoms with van der Waals surface area (Å²) >= 11 is 0. The number of anilines is 1. The smallest absolute Gasteiger partial charge is 0.201 e. The summed E-state index contributed by atoms with van der Waals surface area (Å²) in [6.45, 7) is 0.965. The third kappa shape index (κ3) is 2.08. The van der Waals surface area contributed by atoms with Gasteiger partial charge >= 0.3 is 0 Å². The van der Waals surface area contributed by atoms with Crippen LogP contribution in [0, 0.1) is 11.6 Å². The molecular weight excluding hydrogens is 228 g/mol. The predicted molar refractivity (Wildman–Crippen MR) is 60.6 cm³/mol. The maximum Gasteiger partial charge on any atom is 0.201 e. The number of fused-ring (bicyclic) bond motifs is 1. The minimum Gasteiger partial charge on any atom is -0.385 e. The topological polar surface area (TPSA) is 53.1 Å². The Morgan fingerprint density at radius 3 is 2.88 bits per heavy atom. The second-order valence-electron chi connectivity index (χ2n) is 3.70. The number of rotatable bonds is 4. The summed E-state index contributed by atoms with van der Waals surface area (Å²) in [4.78, 5) is 3.99. The Kier molecular flexibility index (Phi) is 3.23. The Morgan fingerprint density at radius 2 is 2.18 bits per heavy atom. The van der Waals surface area contributed by atoms with Gasteiger partial charge in [0.25, 0.3) is 0 Å². The van der Waals surface area contributed by atoms with Crippen molar-refractivity contribution >= 4 is 17.0 Å². The van der Waals surface area contributed by atoms with Crippen LogP contribution in [0.1, 0.15) is 6.42 Å². The lowest BCUT2D eigenvalue weighted by atomic mass is 10.3. The Bertz CT molecular complexity index is 539. The minimum atomic E-state index is -0.913. The van der Waals surface area contributed by atoms with E-state index >= 15 is 0 Å². The van der Waals surface area contributed by atoms with Crippen LogP contribution in [0.4, 0.5) is 14.7 Å². The predicted octanol–water partition coefficient (Wildman–Crippen LogP) is 1.93. The molecule has 2 rings (SSSR count). The molecule has 2 aromatic rings. The fourth-order valence-electron chi connectivity index (χ4n) is 1.77. The molecule has 17 heavy (non-hydrogen) atoms. The van der Waals surface area contributed by atoms with Crippen molar-refractivity contribution < 1.29 is 13.5 Å². The number of ether oxygens (including phenoxy) is 1. The third-order valence-corrected chi connectivity index (χ3v) is 2.56. The minimum absolute atomic E-state index is 0.110. The zero-order valence-electron chi connectivity index (χ0n) is 9.41. The molecule has 2 N–H and O–H groups in total. The normalized spacial score (nSPS) is 11.2. The lowest BCUT2D eigenvalue weighted by Crippen LogP contribution is -2.06. The average molecular weight is 241 g/mol. The molecule has 1 aromatic heterocycles. The highest BCUT2D eigenvalue weighted by molar-refractivity contribution is 5.79. The van der Waals surface area contributed by atoms with Gasteiger partial charge in [-0.1, -0.05) is 0 Å². The number of imidazole rings is 1. The molecule has 0 atom stereocenters. The third-order valence-electron chi connectivity index (χ3n) is 2.56. The van der Waals surface area contributed by atoms with Crippen LogP contribution >= 0.6 is 0 Å². The van der Waals surface area contributed by atoms with Gasteiger partial charge in [0, 0.05) is 20.3 Å². The first-order valence-corrected chi connectivity index (χ1v) is 5.23. The van der Waals surface area contributed by atoms with Crippen molar-refractivity contribution in [2.24, 2.45) is 0 Å². The first-order valence-electron chi connectivity index (χ1n) is 5.23. The van der Waals surface area contributed by atoms with Crippen molar-refractivity contribution in [1.29, 1.82) is 0 Å². The molecule has 1 heterocycles. The quantitative estimate of drug-likeness (QED) is 0.832. The maximum atomic E-state index is 13.7. The summed E-state index contributed by atoms with van der Waals surface area (Å²) in [5, 5.41) is 0.